The molecule has 0 radical (unpaired) electrons. The predicted molar refractivity (Wildman–Crippen MR) is 130 cm³/mol. The van der Waals surface area contributed by atoms with Crippen molar-refractivity contribution in [3.8, 4) is 22.1 Å². The van der Waals surface area contributed by atoms with Crippen LogP contribution in [0.4, 0.5) is 5.69 Å². The van der Waals surface area contributed by atoms with Crippen LogP contribution in [0.15, 0.2) is 84.9 Å². The monoisotopic (exact) mass is 440 g/mol. The maximum atomic E-state index is 12.6. The van der Waals surface area contributed by atoms with Gasteiger partial charge in [-0.3, -0.25) is 4.79 Å². The van der Waals surface area contributed by atoms with E-state index in [1.54, 1.807) is 18.4 Å². The molecule has 5 rings (SSSR count). The molecule has 5 nitrogen and oxygen atoms in total. The molecule has 1 N–H and O–H groups in total. The van der Waals surface area contributed by atoms with Gasteiger partial charge >= 0.3 is 0 Å². The van der Waals surface area contributed by atoms with E-state index in [0.29, 0.717) is 17.2 Å². The van der Waals surface area contributed by atoms with Crippen molar-refractivity contribution in [1.82, 2.24) is 4.98 Å². The van der Waals surface area contributed by atoms with Gasteiger partial charge in [-0.1, -0.05) is 42.5 Å². The third-order valence-electron chi connectivity index (χ3n) is 5.11. The molecule has 158 valence electrons. The van der Waals surface area contributed by atoms with Crippen molar-refractivity contribution in [3.63, 3.8) is 0 Å². The van der Waals surface area contributed by atoms with Crippen molar-refractivity contribution < 1.29 is 14.3 Å². The third kappa shape index (κ3) is 4.13. The van der Waals surface area contributed by atoms with E-state index in [4.69, 9.17) is 14.5 Å². The number of methoxy groups -OCH3 is 1. The molecule has 1 amide bonds. The van der Waals surface area contributed by atoms with Gasteiger partial charge in [0.2, 0.25) is 0 Å². The normalized spacial score (nSPS) is 10.9. The molecule has 0 aliphatic heterocycles. The summed E-state index contributed by atoms with van der Waals surface area (Å²) in [6, 6.07) is 27.5. The highest BCUT2D eigenvalue weighted by atomic mass is 32.1. The molecule has 1 aromatic heterocycles. The number of fused-ring (bicyclic) bond motifs is 2. The minimum absolute atomic E-state index is 0.104. The van der Waals surface area contributed by atoms with E-state index in [1.165, 1.54) is 0 Å². The fourth-order valence-corrected chi connectivity index (χ4v) is 4.49. The highest BCUT2D eigenvalue weighted by Crippen LogP contribution is 2.34. The van der Waals surface area contributed by atoms with Crippen molar-refractivity contribution >= 4 is 43.9 Å². The molecule has 0 atom stereocenters. The minimum atomic E-state index is -0.266. The number of nitrogens with zero attached hydrogens (tertiary/aromatic N) is 1. The van der Waals surface area contributed by atoms with Crippen LogP contribution in [-0.2, 0) is 4.79 Å². The number of para-hydroxylation sites is 1. The van der Waals surface area contributed by atoms with Crippen LogP contribution in [0.1, 0.15) is 0 Å². The summed E-state index contributed by atoms with van der Waals surface area (Å²) < 4.78 is 12.3. The van der Waals surface area contributed by atoms with Gasteiger partial charge in [0, 0.05) is 5.56 Å². The number of ether oxygens (including phenoxy) is 2. The van der Waals surface area contributed by atoms with Crippen molar-refractivity contribution in [2.45, 2.75) is 0 Å². The molecule has 1 heterocycles. The zero-order valence-electron chi connectivity index (χ0n) is 17.4. The summed E-state index contributed by atoms with van der Waals surface area (Å²) >= 11 is 1.61. The van der Waals surface area contributed by atoms with Crippen LogP contribution in [0.3, 0.4) is 0 Å². The fraction of sp³-hybridized carbons (Fsp3) is 0.0769. The lowest BCUT2D eigenvalue weighted by Crippen LogP contribution is -2.20. The third-order valence-corrected chi connectivity index (χ3v) is 6.19. The van der Waals surface area contributed by atoms with Crippen LogP contribution >= 0.6 is 11.3 Å². The number of rotatable bonds is 6. The topological polar surface area (TPSA) is 60.5 Å². The van der Waals surface area contributed by atoms with Gasteiger partial charge in [-0.25, -0.2) is 4.98 Å². The first-order chi connectivity index (χ1) is 15.7. The number of benzene rings is 4. The number of thiazole rings is 1. The van der Waals surface area contributed by atoms with Crippen molar-refractivity contribution in [3.05, 3.63) is 84.9 Å². The fourth-order valence-electron chi connectivity index (χ4n) is 3.53. The Hall–Kier alpha value is -3.90. The van der Waals surface area contributed by atoms with E-state index in [1.807, 2.05) is 84.9 Å². The SMILES string of the molecule is COc1ccc(-c2nc3ccccc3s2)cc1NC(=O)COc1ccc2ccccc2c1. The molecule has 4 aromatic carbocycles. The van der Waals surface area contributed by atoms with Gasteiger partial charge in [-0.15, -0.1) is 11.3 Å². The van der Waals surface area contributed by atoms with Gasteiger partial charge in [0.1, 0.15) is 16.5 Å². The summed E-state index contributed by atoms with van der Waals surface area (Å²) in [6.07, 6.45) is 0. The first-order valence-corrected chi connectivity index (χ1v) is 11.0. The van der Waals surface area contributed by atoms with Gasteiger partial charge in [0.25, 0.3) is 5.91 Å². The summed E-state index contributed by atoms with van der Waals surface area (Å²) in [5.74, 6) is 0.959. The van der Waals surface area contributed by atoms with Gasteiger partial charge in [-0.2, -0.15) is 0 Å². The van der Waals surface area contributed by atoms with E-state index in [0.717, 1.165) is 31.6 Å². The van der Waals surface area contributed by atoms with Gasteiger partial charge < -0.3 is 14.8 Å². The lowest BCUT2D eigenvalue weighted by atomic mass is 10.1. The maximum Gasteiger partial charge on any atom is 0.262 e. The summed E-state index contributed by atoms with van der Waals surface area (Å²) in [5.41, 5.74) is 2.45. The summed E-state index contributed by atoms with van der Waals surface area (Å²) in [4.78, 5) is 17.3. The van der Waals surface area contributed by atoms with E-state index in [9.17, 15) is 4.79 Å². The van der Waals surface area contributed by atoms with Crippen LogP contribution in [-0.4, -0.2) is 24.6 Å². The molecular formula is C26H20N2O3S. The van der Waals surface area contributed by atoms with Crippen LogP contribution in [0.25, 0.3) is 31.6 Å². The molecule has 0 unspecified atom stereocenters. The number of amides is 1. The smallest absolute Gasteiger partial charge is 0.262 e. The van der Waals surface area contributed by atoms with Gasteiger partial charge in [0.15, 0.2) is 6.61 Å². The molecule has 0 saturated carbocycles. The largest absolute Gasteiger partial charge is 0.495 e. The molecule has 0 spiro atoms. The van der Waals surface area contributed by atoms with Crippen molar-refractivity contribution in [1.29, 1.82) is 0 Å². The number of carbonyl (C=O) groups excluding carboxylic acids is 1. The molecular weight excluding hydrogens is 420 g/mol. The van der Waals surface area contributed by atoms with Crippen LogP contribution in [0.5, 0.6) is 11.5 Å². The maximum absolute atomic E-state index is 12.6. The number of carbonyl (C=O) groups is 1. The van der Waals surface area contributed by atoms with Crippen LogP contribution in [0, 0.1) is 0 Å². The Morgan fingerprint density at radius 1 is 0.938 bits per heavy atom. The minimum Gasteiger partial charge on any atom is -0.495 e. The zero-order valence-corrected chi connectivity index (χ0v) is 18.2. The summed E-state index contributed by atoms with van der Waals surface area (Å²) in [7, 11) is 1.58. The number of hydrogen-bond donors (Lipinski definition) is 1. The Balaban J connectivity index is 1.32. The second-order valence-corrected chi connectivity index (χ2v) is 8.28. The summed E-state index contributed by atoms with van der Waals surface area (Å²) in [6.45, 7) is -0.104. The van der Waals surface area contributed by atoms with E-state index in [-0.39, 0.29) is 12.5 Å². The second-order valence-electron chi connectivity index (χ2n) is 7.25. The first kappa shape index (κ1) is 20.0. The average molecular weight is 441 g/mol. The highest BCUT2D eigenvalue weighted by molar-refractivity contribution is 7.21. The molecule has 5 aromatic rings. The highest BCUT2D eigenvalue weighted by Gasteiger charge is 2.13. The molecule has 0 aliphatic carbocycles. The van der Waals surface area contributed by atoms with Crippen molar-refractivity contribution in [2.24, 2.45) is 0 Å². The number of hydrogen-bond acceptors (Lipinski definition) is 5. The van der Waals surface area contributed by atoms with E-state index >= 15 is 0 Å². The Morgan fingerprint density at radius 2 is 1.75 bits per heavy atom. The van der Waals surface area contributed by atoms with Crippen LogP contribution in [0.2, 0.25) is 0 Å². The molecule has 0 fully saturated rings. The van der Waals surface area contributed by atoms with E-state index in [2.05, 4.69) is 5.32 Å². The number of nitrogens with one attached hydrogen (secondary N) is 1. The Bertz CT molecular complexity index is 1390. The predicted octanol–water partition coefficient (Wildman–Crippen LogP) is 6.14. The molecule has 32 heavy (non-hydrogen) atoms. The quantitative estimate of drug-likeness (QED) is 0.344. The Labute approximate surface area is 189 Å². The standard InChI is InChI=1S/C26H20N2O3S/c1-30-23-13-11-19(26-28-21-8-4-5-9-24(21)32-26)15-22(23)27-25(29)16-31-20-12-10-17-6-2-3-7-18(17)14-20/h2-15H,16H2,1H3,(H,27,29). The molecule has 0 saturated heterocycles. The Morgan fingerprint density at radius 3 is 2.59 bits per heavy atom. The molecule has 0 bridgehead atoms. The van der Waals surface area contributed by atoms with Gasteiger partial charge in [0.05, 0.1) is 23.0 Å². The lowest BCUT2D eigenvalue weighted by molar-refractivity contribution is -0.118. The van der Waals surface area contributed by atoms with E-state index < -0.39 is 0 Å². The number of aromatic nitrogens is 1. The molecule has 6 heteroatoms. The van der Waals surface area contributed by atoms with Crippen molar-refractivity contribution in [2.75, 3.05) is 19.0 Å². The van der Waals surface area contributed by atoms with Crippen LogP contribution < -0.4 is 14.8 Å². The average Bonchev–Trinajstić information content (AvgIpc) is 3.27. The first-order valence-electron chi connectivity index (χ1n) is 10.1. The number of anilines is 1. The second kappa shape index (κ2) is 8.69. The summed E-state index contributed by atoms with van der Waals surface area (Å²) in [5, 5.41) is 5.98. The Kier molecular flexibility index (Phi) is 5.44. The molecule has 0 aliphatic rings. The lowest BCUT2D eigenvalue weighted by Gasteiger charge is -2.12. The zero-order chi connectivity index (χ0) is 21.9. The van der Waals surface area contributed by atoms with Gasteiger partial charge in [-0.05, 0) is 53.2 Å².